The van der Waals surface area contributed by atoms with Crippen LogP contribution in [0.2, 0.25) is 0 Å². The third-order valence-electron chi connectivity index (χ3n) is 3.02. The first kappa shape index (κ1) is 12.0. The first-order valence-corrected chi connectivity index (χ1v) is 5.95. The third-order valence-corrected chi connectivity index (χ3v) is 3.02. The molecular weight excluding hydrogens is 174 g/mol. The summed E-state index contributed by atoms with van der Waals surface area (Å²) in [5.41, 5.74) is 0. The zero-order valence-corrected chi connectivity index (χ0v) is 10.1. The standard InChI is InChI=1S/C12H25NO/c1-10(2)13-7-5-12(9-13)6-8-14-11(3)4/h10-12H,5-9H2,1-4H3. The monoisotopic (exact) mass is 199 g/mol. The van der Waals surface area contributed by atoms with Crippen molar-refractivity contribution >= 4 is 0 Å². The minimum Gasteiger partial charge on any atom is -0.379 e. The van der Waals surface area contributed by atoms with Crippen LogP contribution in [0, 0.1) is 5.92 Å². The molecule has 0 aliphatic carbocycles. The third kappa shape index (κ3) is 3.97. The van der Waals surface area contributed by atoms with Crippen molar-refractivity contribution in [2.24, 2.45) is 5.92 Å². The lowest BCUT2D eigenvalue weighted by molar-refractivity contribution is 0.0686. The highest BCUT2D eigenvalue weighted by molar-refractivity contribution is 4.77. The summed E-state index contributed by atoms with van der Waals surface area (Å²) in [7, 11) is 0. The van der Waals surface area contributed by atoms with E-state index in [2.05, 4.69) is 32.6 Å². The van der Waals surface area contributed by atoms with Crippen molar-refractivity contribution in [3.8, 4) is 0 Å². The predicted molar refractivity (Wildman–Crippen MR) is 60.5 cm³/mol. The number of likely N-dealkylation sites (tertiary alicyclic amines) is 1. The van der Waals surface area contributed by atoms with E-state index in [1.165, 1.54) is 25.9 Å². The van der Waals surface area contributed by atoms with Gasteiger partial charge in [-0.1, -0.05) is 0 Å². The normalized spacial score (nSPS) is 24.0. The van der Waals surface area contributed by atoms with Crippen LogP contribution >= 0.6 is 0 Å². The molecule has 1 fully saturated rings. The molecular formula is C12H25NO. The van der Waals surface area contributed by atoms with Crippen molar-refractivity contribution in [3.05, 3.63) is 0 Å². The Bertz CT molecular complexity index is 156. The second kappa shape index (κ2) is 5.72. The van der Waals surface area contributed by atoms with Crippen LogP contribution < -0.4 is 0 Å². The maximum absolute atomic E-state index is 5.58. The van der Waals surface area contributed by atoms with E-state index in [-0.39, 0.29) is 0 Å². The van der Waals surface area contributed by atoms with Gasteiger partial charge in [0, 0.05) is 19.2 Å². The van der Waals surface area contributed by atoms with Crippen molar-refractivity contribution in [1.29, 1.82) is 0 Å². The number of ether oxygens (including phenoxy) is 1. The summed E-state index contributed by atoms with van der Waals surface area (Å²) in [6.45, 7) is 12.3. The van der Waals surface area contributed by atoms with Crippen molar-refractivity contribution in [2.45, 2.75) is 52.7 Å². The minimum absolute atomic E-state index is 0.387. The molecule has 1 atom stereocenters. The van der Waals surface area contributed by atoms with Crippen molar-refractivity contribution in [2.75, 3.05) is 19.7 Å². The molecule has 0 aromatic rings. The Morgan fingerprint density at radius 3 is 2.50 bits per heavy atom. The van der Waals surface area contributed by atoms with Crippen molar-refractivity contribution < 1.29 is 4.74 Å². The van der Waals surface area contributed by atoms with Gasteiger partial charge in [0.2, 0.25) is 0 Å². The average Bonchev–Trinajstić information content (AvgIpc) is 2.52. The molecule has 84 valence electrons. The van der Waals surface area contributed by atoms with Crippen LogP contribution in [0.3, 0.4) is 0 Å². The van der Waals surface area contributed by atoms with Crippen LogP contribution in [0.4, 0.5) is 0 Å². The Kier molecular flexibility index (Phi) is 4.90. The second-order valence-electron chi connectivity index (χ2n) is 4.95. The second-order valence-corrected chi connectivity index (χ2v) is 4.95. The highest BCUT2D eigenvalue weighted by Gasteiger charge is 2.23. The smallest absolute Gasteiger partial charge is 0.0518 e. The van der Waals surface area contributed by atoms with E-state index >= 15 is 0 Å². The summed E-state index contributed by atoms with van der Waals surface area (Å²) in [5.74, 6) is 0.871. The van der Waals surface area contributed by atoms with Gasteiger partial charge in [-0.25, -0.2) is 0 Å². The molecule has 2 nitrogen and oxygen atoms in total. The Labute approximate surface area is 88.6 Å². The predicted octanol–water partition coefficient (Wildman–Crippen LogP) is 2.53. The summed E-state index contributed by atoms with van der Waals surface area (Å²) in [6, 6.07) is 0.714. The maximum Gasteiger partial charge on any atom is 0.0518 e. The molecule has 14 heavy (non-hydrogen) atoms. The van der Waals surface area contributed by atoms with Crippen LogP contribution in [0.1, 0.15) is 40.5 Å². The number of hydrogen-bond acceptors (Lipinski definition) is 2. The first-order chi connectivity index (χ1) is 6.59. The van der Waals surface area contributed by atoms with Crippen LogP contribution in [0.5, 0.6) is 0 Å². The molecule has 1 saturated heterocycles. The fourth-order valence-electron chi connectivity index (χ4n) is 2.04. The summed E-state index contributed by atoms with van der Waals surface area (Å²) in [4.78, 5) is 2.57. The van der Waals surface area contributed by atoms with E-state index < -0.39 is 0 Å². The van der Waals surface area contributed by atoms with Gasteiger partial charge in [-0.2, -0.15) is 0 Å². The lowest BCUT2D eigenvalue weighted by Crippen LogP contribution is -2.28. The molecule has 1 aliphatic heterocycles. The zero-order chi connectivity index (χ0) is 10.6. The quantitative estimate of drug-likeness (QED) is 0.674. The summed E-state index contributed by atoms with van der Waals surface area (Å²) >= 11 is 0. The fourth-order valence-corrected chi connectivity index (χ4v) is 2.04. The van der Waals surface area contributed by atoms with Gasteiger partial charge in [0.25, 0.3) is 0 Å². The highest BCUT2D eigenvalue weighted by atomic mass is 16.5. The van der Waals surface area contributed by atoms with Crippen molar-refractivity contribution in [3.63, 3.8) is 0 Å². The maximum atomic E-state index is 5.58. The van der Waals surface area contributed by atoms with Crippen molar-refractivity contribution in [1.82, 2.24) is 4.90 Å². The lowest BCUT2D eigenvalue weighted by atomic mass is 10.1. The van der Waals surface area contributed by atoms with Crippen LogP contribution in [-0.2, 0) is 4.74 Å². The molecule has 0 N–H and O–H groups in total. The van der Waals surface area contributed by atoms with Crippen LogP contribution in [-0.4, -0.2) is 36.7 Å². The lowest BCUT2D eigenvalue weighted by Gasteiger charge is -2.20. The van der Waals surface area contributed by atoms with Gasteiger partial charge >= 0.3 is 0 Å². The van der Waals surface area contributed by atoms with Gasteiger partial charge in [0.05, 0.1) is 6.10 Å². The molecule has 0 spiro atoms. The summed E-state index contributed by atoms with van der Waals surface area (Å²) in [5, 5.41) is 0. The molecule has 1 unspecified atom stereocenters. The number of rotatable bonds is 5. The van der Waals surface area contributed by atoms with Gasteiger partial charge in [0.1, 0.15) is 0 Å². The van der Waals surface area contributed by atoms with Gasteiger partial charge in [-0.3, -0.25) is 0 Å². The van der Waals surface area contributed by atoms with E-state index in [9.17, 15) is 0 Å². The Morgan fingerprint density at radius 1 is 1.29 bits per heavy atom. The topological polar surface area (TPSA) is 12.5 Å². The van der Waals surface area contributed by atoms with Gasteiger partial charge in [0.15, 0.2) is 0 Å². The van der Waals surface area contributed by atoms with E-state index in [0.29, 0.717) is 12.1 Å². The molecule has 1 aliphatic rings. The van der Waals surface area contributed by atoms with Gasteiger partial charge < -0.3 is 9.64 Å². The van der Waals surface area contributed by atoms with Crippen LogP contribution in [0.25, 0.3) is 0 Å². The zero-order valence-electron chi connectivity index (χ0n) is 10.1. The molecule has 0 amide bonds. The average molecular weight is 199 g/mol. The molecule has 0 radical (unpaired) electrons. The van der Waals surface area contributed by atoms with Gasteiger partial charge in [-0.15, -0.1) is 0 Å². The molecule has 0 saturated carbocycles. The van der Waals surface area contributed by atoms with E-state index in [0.717, 1.165) is 12.5 Å². The molecule has 0 bridgehead atoms. The highest BCUT2D eigenvalue weighted by Crippen LogP contribution is 2.21. The fraction of sp³-hybridized carbons (Fsp3) is 1.00. The SMILES string of the molecule is CC(C)OCCC1CCN(C(C)C)C1. The van der Waals surface area contributed by atoms with E-state index in [1.54, 1.807) is 0 Å². The molecule has 1 heterocycles. The Hall–Kier alpha value is -0.0800. The molecule has 0 aromatic carbocycles. The number of hydrogen-bond donors (Lipinski definition) is 0. The molecule has 2 heteroatoms. The first-order valence-electron chi connectivity index (χ1n) is 5.95. The number of nitrogens with zero attached hydrogens (tertiary/aromatic N) is 1. The summed E-state index contributed by atoms with van der Waals surface area (Å²) < 4.78 is 5.58. The Morgan fingerprint density at radius 2 is 2.00 bits per heavy atom. The minimum atomic E-state index is 0.387. The molecule has 1 rings (SSSR count). The molecule has 0 aromatic heterocycles. The summed E-state index contributed by atoms with van der Waals surface area (Å²) in [6.07, 6.45) is 2.98. The van der Waals surface area contributed by atoms with E-state index in [4.69, 9.17) is 4.74 Å². The largest absolute Gasteiger partial charge is 0.379 e. The van der Waals surface area contributed by atoms with Crippen LogP contribution in [0.15, 0.2) is 0 Å². The van der Waals surface area contributed by atoms with Gasteiger partial charge in [-0.05, 0) is 53.0 Å². The Balaban J connectivity index is 2.10. The van der Waals surface area contributed by atoms with E-state index in [1.807, 2.05) is 0 Å².